The zero-order valence-electron chi connectivity index (χ0n) is 15.0. The van der Waals surface area contributed by atoms with Crippen LogP contribution in [0.25, 0.3) is 0 Å². The van der Waals surface area contributed by atoms with Crippen molar-refractivity contribution in [1.82, 2.24) is 0 Å². The molecular formula is C19H18ClNO6. The Morgan fingerprint density at radius 3 is 2.48 bits per heavy atom. The van der Waals surface area contributed by atoms with Crippen LogP contribution in [0.5, 0.6) is 11.5 Å². The second kappa shape index (κ2) is 9.05. The average Bonchev–Trinajstić information content (AvgIpc) is 2.67. The molecule has 0 fully saturated rings. The number of anilines is 1. The van der Waals surface area contributed by atoms with Crippen LogP contribution in [0.3, 0.4) is 0 Å². The maximum Gasteiger partial charge on any atom is 0.343 e. The molecule has 0 heterocycles. The molecule has 0 spiro atoms. The molecule has 0 aliphatic heterocycles. The second-order valence-electron chi connectivity index (χ2n) is 5.47. The van der Waals surface area contributed by atoms with Gasteiger partial charge in [0, 0.05) is 16.3 Å². The van der Waals surface area contributed by atoms with Crippen molar-refractivity contribution < 1.29 is 28.6 Å². The Hall–Kier alpha value is -3.06. The average molecular weight is 392 g/mol. The molecular weight excluding hydrogens is 374 g/mol. The number of carbonyl (C=O) groups excluding carboxylic acids is 3. The fourth-order valence-electron chi connectivity index (χ4n) is 2.32. The van der Waals surface area contributed by atoms with Gasteiger partial charge in [-0.15, -0.1) is 0 Å². The van der Waals surface area contributed by atoms with Crippen LogP contribution in [0, 0.1) is 6.92 Å². The normalized spacial score (nSPS) is 10.1. The van der Waals surface area contributed by atoms with Crippen molar-refractivity contribution in [2.75, 3.05) is 26.1 Å². The van der Waals surface area contributed by atoms with Crippen LogP contribution in [0.4, 0.5) is 5.69 Å². The summed E-state index contributed by atoms with van der Waals surface area (Å²) in [4.78, 5) is 35.7. The molecule has 0 saturated carbocycles. The molecule has 0 saturated heterocycles. The van der Waals surface area contributed by atoms with Gasteiger partial charge in [0.05, 0.1) is 14.2 Å². The van der Waals surface area contributed by atoms with E-state index in [0.29, 0.717) is 17.0 Å². The van der Waals surface area contributed by atoms with E-state index in [1.807, 2.05) is 6.92 Å². The smallest absolute Gasteiger partial charge is 0.343 e. The van der Waals surface area contributed by atoms with Crippen molar-refractivity contribution in [3.63, 3.8) is 0 Å². The zero-order valence-corrected chi connectivity index (χ0v) is 15.8. The number of nitrogens with one attached hydrogen (secondary N) is 1. The van der Waals surface area contributed by atoms with Crippen LogP contribution in [0.1, 0.15) is 26.3 Å². The fraction of sp³-hybridized carbons (Fsp3) is 0.211. The predicted molar refractivity (Wildman–Crippen MR) is 100 cm³/mol. The van der Waals surface area contributed by atoms with Crippen molar-refractivity contribution in [2.24, 2.45) is 0 Å². The van der Waals surface area contributed by atoms with Crippen molar-refractivity contribution in [3.8, 4) is 11.5 Å². The summed E-state index contributed by atoms with van der Waals surface area (Å²) in [6, 6.07) is 7.91. The van der Waals surface area contributed by atoms with E-state index in [2.05, 4.69) is 5.32 Å². The molecule has 2 rings (SSSR count). The Morgan fingerprint density at radius 1 is 1.15 bits per heavy atom. The number of aldehydes is 1. The topological polar surface area (TPSA) is 90.9 Å². The molecule has 0 radical (unpaired) electrons. The van der Waals surface area contributed by atoms with E-state index in [9.17, 15) is 14.4 Å². The summed E-state index contributed by atoms with van der Waals surface area (Å²) in [6.45, 7) is 1.28. The monoisotopic (exact) mass is 391 g/mol. The molecule has 0 aliphatic rings. The molecule has 0 unspecified atom stereocenters. The summed E-state index contributed by atoms with van der Waals surface area (Å²) in [5.74, 6) is -1.13. The number of rotatable bonds is 7. The Bertz CT molecular complexity index is 881. The van der Waals surface area contributed by atoms with Gasteiger partial charge in [0.1, 0.15) is 5.56 Å². The number of hydrogen-bond donors (Lipinski definition) is 1. The van der Waals surface area contributed by atoms with E-state index in [0.717, 1.165) is 5.56 Å². The lowest BCUT2D eigenvalue weighted by atomic mass is 10.1. The molecule has 2 aromatic rings. The summed E-state index contributed by atoms with van der Waals surface area (Å²) in [5, 5.41) is 3.07. The first kappa shape index (κ1) is 20.3. The molecule has 0 bridgehead atoms. The third-order valence-electron chi connectivity index (χ3n) is 3.70. The van der Waals surface area contributed by atoms with Crippen molar-refractivity contribution in [2.45, 2.75) is 6.92 Å². The summed E-state index contributed by atoms with van der Waals surface area (Å²) in [5.41, 5.74) is 1.29. The molecule has 0 aromatic heterocycles. The molecule has 142 valence electrons. The molecule has 27 heavy (non-hydrogen) atoms. The van der Waals surface area contributed by atoms with Gasteiger partial charge >= 0.3 is 5.97 Å². The lowest BCUT2D eigenvalue weighted by Crippen LogP contribution is -2.22. The highest BCUT2D eigenvalue weighted by Gasteiger charge is 2.23. The maximum atomic E-state index is 12.4. The Morgan fingerprint density at radius 2 is 1.89 bits per heavy atom. The van der Waals surface area contributed by atoms with Gasteiger partial charge in [0.25, 0.3) is 5.91 Å². The van der Waals surface area contributed by atoms with E-state index >= 15 is 0 Å². The highest BCUT2D eigenvalue weighted by molar-refractivity contribution is 6.31. The number of esters is 1. The van der Waals surface area contributed by atoms with Gasteiger partial charge in [-0.25, -0.2) is 4.79 Å². The van der Waals surface area contributed by atoms with Crippen LogP contribution >= 0.6 is 11.6 Å². The SMILES string of the molecule is COc1ccc(C=O)c(C(=O)OCC(=O)Nc2ccc(C)c(Cl)c2)c1OC. The van der Waals surface area contributed by atoms with Gasteiger partial charge in [-0.3, -0.25) is 9.59 Å². The minimum atomic E-state index is -0.884. The third-order valence-corrected chi connectivity index (χ3v) is 4.11. The maximum absolute atomic E-state index is 12.4. The second-order valence-corrected chi connectivity index (χ2v) is 5.88. The minimum Gasteiger partial charge on any atom is -0.493 e. The van der Waals surface area contributed by atoms with Crippen LogP contribution < -0.4 is 14.8 Å². The first-order valence-corrected chi connectivity index (χ1v) is 8.22. The van der Waals surface area contributed by atoms with E-state index in [4.69, 9.17) is 25.8 Å². The Kier molecular flexibility index (Phi) is 6.79. The molecule has 1 N–H and O–H groups in total. The largest absolute Gasteiger partial charge is 0.493 e. The Labute approximate surface area is 161 Å². The van der Waals surface area contributed by atoms with Gasteiger partial charge in [-0.1, -0.05) is 17.7 Å². The molecule has 0 aliphatic carbocycles. The number of ether oxygens (including phenoxy) is 3. The van der Waals surface area contributed by atoms with Crippen LogP contribution in [0.2, 0.25) is 5.02 Å². The zero-order chi connectivity index (χ0) is 20.0. The van der Waals surface area contributed by atoms with Gasteiger partial charge < -0.3 is 19.5 Å². The fourth-order valence-corrected chi connectivity index (χ4v) is 2.50. The molecule has 7 nitrogen and oxygen atoms in total. The van der Waals surface area contributed by atoms with Gasteiger partial charge in [0.2, 0.25) is 0 Å². The highest BCUT2D eigenvalue weighted by Crippen LogP contribution is 2.33. The predicted octanol–water partition coefficient (Wildman–Crippen LogP) is 3.27. The summed E-state index contributed by atoms with van der Waals surface area (Å²) >= 11 is 6.00. The minimum absolute atomic E-state index is 0.0535. The van der Waals surface area contributed by atoms with E-state index in [1.54, 1.807) is 18.2 Å². The molecule has 0 atom stereocenters. The number of methoxy groups -OCH3 is 2. The summed E-state index contributed by atoms with van der Waals surface area (Å²) in [6.07, 6.45) is 0.493. The van der Waals surface area contributed by atoms with E-state index < -0.39 is 18.5 Å². The quantitative estimate of drug-likeness (QED) is 0.575. The number of amides is 1. The molecule has 1 amide bonds. The summed E-state index contributed by atoms with van der Waals surface area (Å²) in [7, 11) is 2.73. The Balaban J connectivity index is 2.12. The van der Waals surface area contributed by atoms with Gasteiger partial charge in [0.15, 0.2) is 24.4 Å². The third kappa shape index (κ3) is 4.77. The van der Waals surface area contributed by atoms with Crippen LogP contribution in [0.15, 0.2) is 30.3 Å². The first-order valence-electron chi connectivity index (χ1n) is 7.84. The van der Waals surface area contributed by atoms with Crippen molar-refractivity contribution in [1.29, 1.82) is 0 Å². The van der Waals surface area contributed by atoms with Gasteiger partial charge in [-0.05, 0) is 36.8 Å². The number of benzene rings is 2. The first-order chi connectivity index (χ1) is 12.9. The lowest BCUT2D eigenvalue weighted by molar-refractivity contribution is -0.119. The number of carbonyl (C=O) groups is 3. The number of halogens is 1. The number of aryl methyl sites for hydroxylation is 1. The van der Waals surface area contributed by atoms with Crippen LogP contribution in [-0.4, -0.2) is 39.0 Å². The van der Waals surface area contributed by atoms with Crippen molar-refractivity contribution >= 4 is 35.5 Å². The van der Waals surface area contributed by atoms with Crippen LogP contribution in [-0.2, 0) is 9.53 Å². The van der Waals surface area contributed by atoms with E-state index in [1.165, 1.54) is 26.4 Å². The van der Waals surface area contributed by atoms with E-state index in [-0.39, 0.29) is 22.6 Å². The number of hydrogen-bond acceptors (Lipinski definition) is 6. The standard InChI is InChI=1S/C19H18ClNO6/c1-11-4-6-13(8-14(11)20)21-16(23)10-27-19(24)17-12(9-22)5-7-15(25-2)18(17)26-3/h4-9H,10H2,1-3H3,(H,21,23). The van der Waals surface area contributed by atoms with Crippen molar-refractivity contribution in [3.05, 3.63) is 52.0 Å². The highest BCUT2D eigenvalue weighted by atomic mass is 35.5. The molecule has 8 heteroatoms. The van der Waals surface area contributed by atoms with Gasteiger partial charge in [-0.2, -0.15) is 0 Å². The lowest BCUT2D eigenvalue weighted by Gasteiger charge is -2.14. The summed E-state index contributed by atoms with van der Waals surface area (Å²) < 4.78 is 15.3. The molecule has 2 aromatic carbocycles.